The molecule has 0 fully saturated rings. The summed E-state index contributed by atoms with van der Waals surface area (Å²) in [6.07, 6.45) is 7.72. The van der Waals surface area contributed by atoms with Crippen molar-refractivity contribution in [2.45, 2.75) is 136 Å². The fraction of sp³-hybridized carbons (Fsp3) is 0.622. The van der Waals surface area contributed by atoms with Gasteiger partial charge in [-0.05, 0) is 82.9 Å². The Labute approximate surface area is 243 Å². The standard InChI is InChI=1S/C37H57OSi/c1-26(2)32-25-33-30(27-22-28(35(3,4)5)24-29(23-27)36(6,7)8)18-17-19-31(33)34(32)39(12)21-16-14-13-15-20-38-37(9,10)11/h17-19,22-26,34H,13-16,20-21H2,1-12H3. The van der Waals surface area contributed by atoms with Crippen LogP contribution in [-0.2, 0) is 15.6 Å². The molecule has 0 bridgehead atoms. The van der Waals surface area contributed by atoms with Crippen LogP contribution in [0, 0.1) is 5.92 Å². The van der Waals surface area contributed by atoms with Crippen LogP contribution in [0.1, 0.15) is 130 Å². The minimum Gasteiger partial charge on any atom is -0.376 e. The zero-order chi connectivity index (χ0) is 29.2. The first-order valence-corrected chi connectivity index (χ1v) is 17.7. The number of hydrogen-bond donors (Lipinski definition) is 0. The van der Waals surface area contributed by atoms with Crippen molar-refractivity contribution in [1.29, 1.82) is 0 Å². The van der Waals surface area contributed by atoms with Gasteiger partial charge in [-0.25, -0.2) is 0 Å². The van der Waals surface area contributed by atoms with Crippen molar-refractivity contribution >= 4 is 14.9 Å². The highest BCUT2D eigenvalue weighted by Gasteiger charge is 2.33. The maximum atomic E-state index is 5.92. The van der Waals surface area contributed by atoms with Crippen molar-refractivity contribution in [1.82, 2.24) is 0 Å². The molecule has 2 aromatic carbocycles. The quantitative estimate of drug-likeness (QED) is 0.213. The van der Waals surface area contributed by atoms with Gasteiger partial charge >= 0.3 is 0 Å². The minimum atomic E-state index is -0.547. The van der Waals surface area contributed by atoms with Crippen LogP contribution >= 0.6 is 0 Å². The summed E-state index contributed by atoms with van der Waals surface area (Å²) in [4.78, 5) is 0. The molecule has 1 aliphatic carbocycles. The second-order valence-electron chi connectivity index (χ2n) is 15.3. The second-order valence-corrected chi connectivity index (χ2v) is 18.1. The van der Waals surface area contributed by atoms with E-state index in [-0.39, 0.29) is 16.4 Å². The van der Waals surface area contributed by atoms with E-state index in [1.165, 1.54) is 59.5 Å². The van der Waals surface area contributed by atoms with Gasteiger partial charge in [-0.3, -0.25) is 0 Å². The van der Waals surface area contributed by atoms with Crippen LogP contribution in [0.25, 0.3) is 17.2 Å². The Morgan fingerprint density at radius 3 is 1.92 bits per heavy atom. The van der Waals surface area contributed by atoms with Crippen LogP contribution in [0.3, 0.4) is 0 Å². The zero-order valence-electron chi connectivity index (χ0n) is 27.3. The SMILES string of the molecule is CC(C)C1=Cc2c(-c3cc(C(C)(C)C)cc(C(C)(C)C)c3)cccc2C1[Si](C)CCCCCCOC(C)(C)C. The zero-order valence-corrected chi connectivity index (χ0v) is 28.3. The van der Waals surface area contributed by atoms with Crippen molar-refractivity contribution in [2.75, 3.05) is 6.61 Å². The van der Waals surface area contributed by atoms with Crippen molar-refractivity contribution in [3.05, 3.63) is 64.2 Å². The number of fused-ring (bicyclic) bond motifs is 1. The second kappa shape index (κ2) is 12.5. The molecule has 0 N–H and O–H groups in total. The largest absolute Gasteiger partial charge is 0.376 e. The van der Waals surface area contributed by atoms with Crippen molar-refractivity contribution < 1.29 is 4.74 Å². The van der Waals surface area contributed by atoms with Crippen LogP contribution in [0.5, 0.6) is 0 Å². The lowest BCUT2D eigenvalue weighted by Crippen LogP contribution is -2.22. The molecule has 0 saturated carbocycles. The van der Waals surface area contributed by atoms with E-state index < -0.39 is 8.80 Å². The molecule has 0 aromatic heterocycles. The summed E-state index contributed by atoms with van der Waals surface area (Å²) >= 11 is 0. The van der Waals surface area contributed by atoms with Gasteiger partial charge in [-0.1, -0.05) is 135 Å². The van der Waals surface area contributed by atoms with Gasteiger partial charge in [0.25, 0.3) is 0 Å². The molecule has 1 atom stereocenters. The number of rotatable bonds is 10. The number of allylic oxidation sites excluding steroid dienone is 1. The molecular weight excluding hydrogens is 488 g/mol. The Bertz CT molecular complexity index is 1100. The third-order valence-corrected chi connectivity index (χ3v) is 11.0. The van der Waals surface area contributed by atoms with E-state index >= 15 is 0 Å². The number of benzene rings is 2. The Morgan fingerprint density at radius 1 is 0.795 bits per heavy atom. The van der Waals surface area contributed by atoms with Crippen LogP contribution in [0.2, 0.25) is 12.6 Å². The third kappa shape index (κ3) is 8.43. The van der Waals surface area contributed by atoms with Gasteiger partial charge in [0.2, 0.25) is 0 Å². The summed E-state index contributed by atoms with van der Waals surface area (Å²) in [7, 11) is -0.547. The van der Waals surface area contributed by atoms with Gasteiger partial charge in [0.05, 0.1) is 14.4 Å². The lowest BCUT2D eigenvalue weighted by Gasteiger charge is -2.27. The summed E-state index contributed by atoms with van der Waals surface area (Å²) in [5.41, 5.74) is 11.2. The average Bonchev–Trinajstić information content (AvgIpc) is 3.21. The van der Waals surface area contributed by atoms with Gasteiger partial charge in [0.1, 0.15) is 0 Å². The summed E-state index contributed by atoms with van der Waals surface area (Å²) < 4.78 is 5.92. The van der Waals surface area contributed by atoms with Gasteiger partial charge < -0.3 is 4.74 Å². The first-order chi connectivity index (χ1) is 18.0. The van der Waals surface area contributed by atoms with E-state index in [0.717, 1.165) is 6.61 Å². The molecule has 2 aromatic rings. The van der Waals surface area contributed by atoms with Crippen molar-refractivity contribution in [2.24, 2.45) is 5.92 Å². The summed E-state index contributed by atoms with van der Waals surface area (Å²) in [5, 5.41) is 0. The van der Waals surface area contributed by atoms with E-state index in [4.69, 9.17) is 4.74 Å². The molecular formula is C37H57OSi. The van der Waals surface area contributed by atoms with Crippen LogP contribution < -0.4 is 0 Å². The van der Waals surface area contributed by atoms with Gasteiger partial charge in [0.15, 0.2) is 0 Å². The molecule has 39 heavy (non-hydrogen) atoms. The predicted molar refractivity (Wildman–Crippen MR) is 175 cm³/mol. The summed E-state index contributed by atoms with van der Waals surface area (Å²) in [5.74, 6) is 0.579. The molecule has 1 unspecified atom stereocenters. The third-order valence-electron chi connectivity index (χ3n) is 8.23. The topological polar surface area (TPSA) is 9.23 Å². The Kier molecular flexibility index (Phi) is 10.2. The first-order valence-electron chi connectivity index (χ1n) is 15.5. The lowest BCUT2D eigenvalue weighted by atomic mass is 9.78. The van der Waals surface area contributed by atoms with Gasteiger partial charge in [0, 0.05) is 6.61 Å². The molecule has 2 heteroatoms. The molecule has 215 valence electrons. The molecule has 1 aliphatic rings. The maximum Gasteiger partial charge on any atom is 0.0598 e. The fourth-order valence-corrected chi connectivity index (χ4v) is 8.62. The van der Waals surface area contributed by atoms with Gasteiger partial charge in [-0.2, -0.15) is 0 Å². The van der Waals surface area contributed by atoms with Crippen LogP contribution in [0.15, 0.2) is 42.0 Å². The van der Waals surface area contributed by atoms with E-state index in [1.54, 1.807) is 11.1 Å². The smallest absolute Gasteiger partial charge is 0.0598 e. The molecule has 1 radical (unpaired) electrons. The Morgan fingerprint density at radius 2 is 1.38 bits per heavy atom. The number of unbranched alkanes of at least 4 members (excludes halogenated alkanes) is 3. The number of ether oxygens (including phenoxy) is 1. The molecule has 0 aliphatic heterocycles. The number of hydrogen-bond acceptors (Lipinski definition) is 1. The highest BCUT2D eigenvalue weighted by Crippen LogP contribution is 2.46. The summed E-state index contributed by atoms with van der Waals surface area (Å²) in [6.45, 7) is 28.7. The van der Waals surface area contributed by atoms with E-state index in [0.29, 0.717) is 11.5 Å². The Balaban J connectivity index is 1.86. The molecule has 3 rings (SSSR count). The monoisotopic (exact) mass is 545 g/mol. The molecule has 0 saturated heterocycles. The Hall–Kier alpha value is -1.64. The molecule has 0 heterocycles. The summed E-state index contributed by atoms with van der Waals surface area (Å²) in [6, 6.07) is 15.9. The highest BCUT2D eigenvalue weighted by molar-refractivity contribution is 6.60. The molecule has 0 spiro atoms. The minimum absolute atomic E-state index is 0.0176. The average molecular weight is 546 g/mol. The molecule has 0 amide bonds. The fourth-order valence-electron chi connectivity index (χ4n) is 5.76. The normalized spacial score (nSPS) is 16.3. The maximum absolute atomic E-state index is 5.92. The van der Waals surface area contributed by atoms with Crippen molar-refractivity contribution in [3.8, 4) is 11.1 Å². The molecule has 1 nitrogen and oxygen atoms in total. The van der Waals surface area contributed by atoms with Crippen LogP contribution in [-0.4, -0.2) is 21.0 Å². The first kappa shape index (κ1) is 31.9. The predicted octanol–water partition coefficient (Wildman–Crippen LogP) is 11.1. The van der Waals surface area contributed by atoms with E-state index in [9.17, 15) is 0 Å². The van der Waals surface area contributed by atoms with E-state index in [2.05, 4.69) is 125 Å². The van der Waals surface area contributed by atoms with Gasteiger partial charge in [-0.15, -0.1) is 0 Å². The van der Waals surface area contributed by atoms with Crippen molar-refractivity contribution in [3.63, 3.8) is 0 Å². The van der Waals surface area contributed by atoms with E-state index in [1.807, 2.05) is 0 Å². The lowest BCUT2D eigenvalue weighted by molar-refractivity contribution is -0.00471. The highest BCUT2D eigenvalue weighted by atomic mass is 28.3. The van der Waals surface area contributed by atoms with Crippen LogP contribution in [0.4, 0.5) is 0 Å².